The Morgan fingerprint density at radius 3 is 1.92 bits per heavy atom. The predicted molar refractivity (Wildman–Crippen MR) is 96.5 cm³/mol. The Hall–Kier alpha value is -2.62. The summed E-state index contributed by atoms with van der Waals surface area (Å²) in [5.41, 5.74) is 1.63. The van der Waals surface area contributed by atoms with Gasteiger partial charge in [0, 0.05) is 5.69 Å². The van der Waals surface area contributed by atoms with E-state index in [1.54, 1.807) is 12.1 Å². The number of nitrogens with one attached hydrogen (secondary N) is 2. The first kappa shape index (κ1) is 17.7. The molecule has 0 bridgehead atoms. The van der Waals surface area contributed by atoms with Crippen LogP contribution in [0.5, 0.6) is 0 Å². The molecule has 126 valence electrons. The standard InChI is InChI=1S/C20H24N2O2/c1-3-15(4-2)18(16-11-7-5-8-12-16)22-20(24)19(23)21-17-13-9-6-10-14-17/h5-15,18H,3-4H2,1-2H3,(H,21,23)(H,22,24)/t18-/m1/s1. The van der Waals surface area contributed by atoms with Gasteiger partial charge in [0.05, 0.1) is 6.04 Å². The molecular formula is C20H24N2O2. The molecule has 0 aliphatic rings. The van der Waals surface area contributed by atoms with Gasteiger partial charge in [-0.05, 0) is 23.6 Å². The molecule has 2 aromatic rings. The van der Waals surface area contributed by atoms with Crippen LogP contribution < -0.4 is 10.6 Å². The minimum absolute atomic E-state index is 0.171. The Labute approximate surface area is 143 Å². The molecule has 0 saturated carbocycles. The van der Waals surface area contributed by atoms with Crippen LogP contribution in [0.3, 0.4) is 0 Å². The number of anilines is 1. The second-order valence-electron chi connectivity index (χ2n) is 5.76. The average Bonchev–Trinajstić information content (AvgIpc) is 2.63. The van der Waals surface area contributed by atoms with E-state index in [9.17, 15) is 9.59 Å². The van der Waals surface area contributed by atoms with Gasteiger partial charge in [-0.1, -0.05) is 75.2 Å². The van der Waals surface area contributed by atoms with E-state index in [0.29, 0.717) is 5.69 Å². The number of hydrogen-bond acceptors (Lipinski definition) is 2. The fraction of sp³-hybridized carbons (Fsp3) is 0.300. The lowest BCUT2D eigenvalue weighted by molar-refractivity contribution is -0.136. The lowest BCUT2D eigenvalue weighted by Crippen LogP contribution is -2.40. The van der Waals surface area contributed by atoms with Crippen LogP contribution in [-0.4, -0.2) is 11.8 Å². The van der Waals surface area contributed by atoms with Crippen LogP contribution in [0.15, 0.2) is 60.7 Å². The highest BCUT2D eigenvalue weighted by molar-refractivity contribution is 6.39. The Morgan fingerprint density at radius 2 is 1.38 bits per heavy atom. The Balaban J connectivity index is 2.10. The Morgan fingerprint density at radius 1 is 0.833 bits per heavy atom. The van der Waals surface area contributed by atoms with Crippen molar-refractivity contribution in [3.8, 4) is 0 Å². The van der Waals surface area contributed by atoms with Crippen molar-refractivity contribution in [2.75, 3.05) is 5.32 Å². The molecule has 24 heavy (non-hydrogen) atoms. The summed E-state index contributed by atoms with van der Waals surface area (Å²) < 4.78 is 0. The first-order valence-electron chi connectivity index (χ1n) is 8.37. The molecule has 0 aliphatic carbocycles. The van der Waals surface area contributed by atoms with E-state index in [2.05, 4.69) is 24.5 Å². The van der Waals surface area contributed by atoms with E-state index < -0.39 is 11.8 Å². The molecular weight excluding hydrogens is 300 g/mol. The molecule has 0 heterocycles. The van der Waals surface area contributed by atoms with Gasteiger partial charge in [0.25, 0.3) is 0 Å². The molecule has 2 N–H and O–H groups in total. The predicted octanol–water partition coefficient (Wildman–Crippen LogP) is 3.92. The van der Waals surface area contributed by atoms with E-state index in [-0.39, 0.29) is 12.0 Å². The van der Waals surface area contributed by atoms with Gasteiger partial charge in [-0.25, -0.2) is 0 Å². The van der Waals surface area contributed by atoms with Crippen molar-refractivity contribution in [2.24, 2.45) is 5.92 Å². The van der Waals surface area contributed by atoms with E-state index in [4.69, 9.17) is 0 Å². The molecule has 0 aromatic heterocycles. The van der Waals surface area contributed by atoms with Crippen molar-refractivity contribution in [2.45, 2.75) is 32.7 Å². The molecule has 0 fully saturated rings. The molecule has 2 aromatic carbocycles. The number of amides is 2. The molecule has 1 atom stereocenters. The lowest BCUT2D eigenvalue weighted by Gasteiger charge is -2.26. The summed E-state index contributed by atoms with van der Waals surface area (Å²) in [6.45, 7) is 4.20. The zero-order valence-electron chi connectivity index (χ0n) is 14.2. The summed E-state index contributed by atoms with van der Waals surface area (Å²) in [5, 5.41) is 5.53. The average molecular weight is 324 g/mol. The first-order valence-corrected chi connectivity index (χ1v) is 8.37. The lowest BCUT2D eigenvalue weighted by atomic mass is 9.89. The van der Waals surface area contributed by atoms with Crippen LogP contribution >= 0.6 is 0 Å². The maximum absolute atomic E-state index is 12.3. The van der Waals surface area contributed by atoms with E-state index in [1.807, 2.05) is 48.5 Å². The molecule has 4 nitrogen and oxygen atoms in total. The van der Waals surface area contributed by atoms with Crippen LogP contribution in [0, 0.1) is 5.92 Å². The van der Waals surface area contributed by atoms with Gasteiger partial charge in [-0.3, -0.25) is 9.59 Å². The normalized spacial score (nSPS) is 11.8. The molecule has 2 amide bonds. The van der Waals surface area contributed by atoms with Gasteiger partial charge in [0.15, 0.2) is 0 Å². The zero-order valence-corrected chi connectivity index (χ0v) is 14.2. The van der Waals surface area contributed by atoms with Crippen LogP contribution in [0.2, 0.25) is 0 Å². The molecule has 0 aliphatic heterocycles. The maximum atomic E-state index is 12.3. The minimum Gasteiger partial charge on any atom is -0.341 e. The highest BCUT2D eigenvalue weighted by Gasteiger charge is 2.25. The van der Waals surface area contributed by atoms with Gasteiger partial charge in [-0.15, -0.1) is 0 Å². The van der Waals surface area contributed by atoms with Gasteiger partial charge >= 0.3 is 11.8 Å². The Kier molecular flexibility index (Phi) is 6.55. The molecule has 0 spiro atoms. The van der Waals surface area contributed by atoms with Crippen molar-refractivity contribution >= 4 is 17.5 Å². The summed E-state index contributed by atoms with van der Waals surface area (Å²) in [6.07, 6.45) is 1.85. The van der Waals surface area contributed by atoms with Crippen molar-refractivity contribution in [3.05, 3.63) is 66.2 Å². The van der Waals surface area contributed by atoms with Crippen molar-refractivity contribution in [1.29, 1.82) is 0 Å². The van der Waals surface area contributed by atoms with Crippen LogP contribution in [0.1, 0.15) is 38.3 Å². The fourth-order valence-electron chi connectivity index (χ4n) is 2.81. The highest BCUT2D eigenvalue weighted by Crippen LogP contribution is 2.27. The zero-order chi connectivity index (χ0) is 17.4. The number of hydrogen-bond donors (Lipinski definition) is 2. The summed E-state index contributed by atoms with van der Waals surface area (Å²) in [4.78, 5) is 24.5. The molecule has 4 heteroatoms. The SMILES string of the molecule is CCC(CC)[C@@H](NC(=O)C(=O)Nc1ccccc1)c1ccccc1. The third-order valence-electron chi connectivity index (χ3n) is 4.20. The minimum atomic E-state index is -0.645. The number of benzene rings is 2. The first-order chi connectivity index (χ1) is 11.7. The second kappa shape index (κ2) is 8.87. The van der Waals surface area contributed by atoms with Crippen molar-refractivity contribution < 1.29 is 9.59 Å². The number of para-hydroxylation sites is 1. The summed E-state index contributed by atoms with van der Waals surface area (Å²) in [6, 6.07) is 18.6. The second-order valence-corrected chi connectivity index (χ2v) is 5.76. The maximum Gasteiger partial charge on any atom is 0.313 e. The summed E-state index contributed by atoms with van der Waals surface area (Å²) in [5.74, 6) is -0.978. The van der Waals surface area contributed by atoms with Crippen molar-refractivity contribution in [1.82, 2.24) is 5.32 Å². The Bertz CT molecular complexity index is 652. The summed E-state index contributed by atoms with van der Waals surface area (Å²) >= 11 is 0. The quantitative estimate of drug-likeness (QED) is 0.791. The summed E-state index contributed by atoms with van der Waals surface area (Å²) in [7, 11) is 0. The number of carbonyl (C=O) groups excluding carboxylic acids is 2. The molecule has 0 radical (unpaired) electrons. The number of rotatable bonds is 6. The topological polar surface area (TPSA) is 58.2 Å². The smallest absolute Gasteiger partial charge is 0.313 e. The molecule has 0 unspecified atom stereocenters. The highest BCUT2D eigenvalue weighted by atomic mass is 16.2. The fourth-order valence-corrected chi connectivity index (χ4v) is 2.81. The van der Waals surface area contributed by atoms with Gasteiger partial charge in [0.2, 0.25) is 0 Å². The molecule has 2 rings (SSSR count). The van der Waals surface area contributed by atoms with E-state index in [0.717, 1.165) is 18.4 Å². The van der Waals surface area contributed by atoms with Gasteiger partial charge in [0.1, 0.15) is 0 Å². The van der Waals surface area contributed by atoms with Gasteiger partial charge in [-0.2, -0.15) is 0 Å². The molecule has 0 saturated heterocycles. The van der Waals surface area contributed by atoms with Crippen LogP contribution in [0.4, 0.5) is 5.69 Å². The van der Waals surface area contributed by atoms with Crippen molar-refractivity contribution in [3.63, 3.8) is 0 Å². The monoisotopic (exact) mass is 324 g/mol. The van der Waals surface area contributed by atoms with E-state index in [1.165, 1.54) is 0 Å². The van der Waals surface area contributed by atoms with E-state index >= 15 is 0 Å². The van der Waals surface area contributed by atoms with Crippen LogP contribution in [0.25, 0.3) is 0 Å². The number of carbonyl (C=O) groups is 2. The third kappa shape index (κ3) is 4.69. The van der Waals surface area contributed by atoms with Crippen LogP contribution in [-0.2, 0) is 9.59 Å². The van der Waals surface area contributed by atoms with Gasteiger partial charge < -0.3 is 10.6 Å². The third-order valence-corrected chi connectivity index (χ3v) is 4.20. The largest absolute Gasteiger partial charge is 0.341 e.